The van der Waals surface area contributed by atoms with Crippen LogP contribution in [0, 0.1) is 6.92 Å². The minimum atomic E-state index is -0.00958. The van der Waals surface area contributed by atoms with Gasteiger partial charge >= 0.3 is 0 Å². The largest absolute Gasteiger partial charge is 0.391 e. The molecule has 1 N–H and O–H groups in total. The zero-order chi connectivity index (χ0) is 6.85. The van der Waals surface area contributed by atoms with Gasteiger partial charge in [-0.25, -0.2) is 4.98 Å². The summed E-state index contributed by atoms with van der Waals surface area (Å²) in [5, 5.41) is 9.94. The van der Waals surface area contributed by atoms with E-state index >= 15 is 0 Å². The highest BCUT2D eigenvalue weighted by molar-refractivity contribution is 7.12. The molecule has 0 atom stereocenters. The Bertz CT molecular complexity index is 211. The quantitative estimate of drug-likeness (QED) is 0.682. The number of aliphatic hydroxyl groups is 1. The number of nitrogens with zero attached hydrogens (tertiary/aromatic N) is 1. The Morgan fingerprint density at radius 2 is 2.44 bits per heavy atom. The van der Waals surface area contributed by atoms with Gasteiger partial charge < -0.3 is 5.11 Å². The molecule has 0 aliphatic rings. The number of aliphatic hydroxyl groups excluding tert-OH is 1. The zero-order valence-corrected chi connectivity index (χ0v) is 6.46. The van der Waals surface area contributed by atoms with Crippen molar-refractivity contribution in [3.05, 3.63) is 15.0 Å². The van der Waals surface area contributed by atoms with Gasteiger partial charge in [0.25, 0.3) is 0 Å². The minimum Gasteiger partial charge on any atom is -0.391 e. The average Bonchev–Trinajstić information content (AvgIpc) is 2.10. The summed E-state index contributed by atoms with van der Waals surface area (Å²) in [7, 11) is 0. The fourth-order valence-corrected chi connectivity index (χ4v) is 1.58. The monoisotopic (exact) mass is 163 g/mol. The summed E-state index contributed by atoms with van der Waals surface area (Å²) < 4.78 is 0. The third-order valence-corrected chi connectivity index (χ3v) is 2.28. The van der Waals surface area contributed by atoms with Gasteiger partial charge in [-0.1, -0.05) is 11.6 Å². The molecule has 0 aliphatic carbocycles. The maximum Gasteiger partial charge on any atom is 0.145 e. The first-order valence-electron chi connectivity index (χ1n) is 2.46. The van der Waals surface area contributed by atoms with E-state index in [1.165, 1.54) is 11.3 Å². The summed E-state index contributed by atoms with van der Waals surface area (Å²) in [6.45, 7) is 1.85. The lowest BCUT2D eigenvalue weighted by molar-refractivity contribution is 0.285. The Morgan fingerprint density at radius 1 is 1.78 bits per heavy atom. The molecule has 1 aromatic rings. The third kappa shape index (κ3) is 1.41. The van der Waals surface area contributed by atoms with E-state index in [4.69, 9.17) is 16.7 Å². The van der Waals surface area contributed by atoms with Crippen LogP contribution in [0.5, 0.6) is 0 Å². The van der Waals surface area contributed by atoms with E-state index < -0.39 is 0 Å². The molecule has 0 radical (unpaired) electrons. The zero-order valence-electron chi connectivity index (χ0n) is 4.89. The number of hydrogen-bond donors (Lipinski definition) is 1. The van der Waals surface area contributed by atoms with Crippen molar-refractivity contribution in [1.29, 1.82) is 0 Å². The Kier molecular flexibility index (Phi) is 2.05. The maximum absolute atomic E-state index is 8.62. The molecule has 0 amide bonds. The molecule has 1 heterocycles. The van der Waals surface area contributed by atoms with Crippen LogP contribution >= 0.6 is 22.9 Å². The summed E-state index contributed by atoms with van der Waals surface area (Å²) in [5.41, 5.74) is 0. The van der Waals surface area contributed by atoms with E-state index in [1.54, 1.807) is 0 Å². The molecule has 0 spiro atoms. The molecule has 1 aromatic heterocycles. The van der Waals surface area contributed by atoms with Crippen LogP contribution in [-0.4, -0.2) is 10.1 Å². The lowest BCUT2D eigenvalue weighted by atomic mass is 10.6. The Labute approximate surface area is 62.1 Å². The van der Waals surface area contributed by atoms with Crippen LogP contribution in [0.15, 0.2) is 0 Å². The van der Waals surface area contributed by atoms with Crippen LogP contribution < -0.4 is 0 Å². The number of aromatic nitrogens is 1. The van der Waals surface area contributed by atoms with E-state index in [2.05, 4.69) is 4.98 Å². The van der Waals surface area contributed by atoms with Crippen LogP contribution in [-0.2, 0) is 6.61 Å². The molecule has 0 unspecified atom stereocenters. The summed E-state index contributed by atoms with van der Waals surface area (Å²) in [6.07, 6.45) is 0. The first-order valence-corrected chi connectivity index (χ1v) is 3.66. The lowest BCUT2D eigenvalue weighted by Gasteiger charge is -1.83. The number of hydrogen-bond acceptors (Lipinski definition) is 3. The van der Waals surface area contributed by atoms with Crippen LogP contribution in [0.2, 0.25) is 5.15 Å². The smallest absolute Gasteiger partial charge is 0.145 e. The van der Waals surface area contributed by atoms with Crippen molar-refractivity contribution in [2.24, 2.45) is 0 Å². The predicted molar refractivity (Wildman–Crippen MR) is 37.8 cm³/mol. The Hall–Kier alpha value is -0.120. The van der Waals surface area contributed by atoms with Gasteiger partial charge in [0.1, 0.15) is 5.15 Å². The summed E-state index contributed by atoms with van der Waals surface area (Å²) in [6, 6.07) is 0. The van der Waals surface area contributed by atoms with Gasteiger partial charge in [0.05, 0.1) is 16.5 Å². The fourth-order valence-electron chi connectivity index (χ4n) is 0.541. The van der Waals surface area contributed by atoms with Gasteiger partial charge in [0, 0.05) is 0 Å². The van der Waals surface area contributed by atoms with Crippen LogP contribution in [0.4, 0.5) is 0 Å². The van der Waals surface area contributed by atoms with Gasteiger partial charge in [-0.2, -0.15) is 0 Å². The van der Waals surface area contributed by atoms with Crippen molar-refractivity contribution in [1.82, 2.24) is 4.98 Å². The molecular formula is C5H6ClNOS. The highest BCUT2D eigenvalue weighted by Crippen LogP contribution is 2.21. The maximum atomic E-state index is 8.62. The number of rotatable bonds is 1. The van der Waals surface area contributed by atoms with Crippen molar-refractivity contribution >= 4 is 22.9 Å². The first-order chi connectivity index (χ1) is 4.24. The summed E-state index contributed by atoms with van der Waals surface area (Å²) in [5.74, 6) is 0. The van der Waals surface area contributed by atoms with Gasteiger partial charge in [0.15, 0.2) is 0 Å². The lowest BCUT2D eigenvalue weighted by Crippen LogP contribution is -1.75. The standard InChI is InChI=1S/C5H6ClNOS/c1-3-7-5(6)4(2-8)9-3/h8H,2H2,1H3. The average molecular weight is 164 g/mol. The number of thiazole rings is 1. The third-order valence-electron chi connectivity index (χ3n) is 0.900. The highest BCUT2D eigenvalue weighted by Gasteiger charge is 2.03. The second-order valence-corrected chi connectivity index (χ2v) is 3.25. The molecule has 0 bridgehead atoms. The fraction of sp³-hybridized carbons (Fsp3) is 0.400. The Balaban J connectivity index is 3.01. The molecule has 0 saturated carbocycles. The van der Waals surface area contributed by atoms with Crippen molar-refractivity contribution in [3.63, 3.8) is 0 Å². The minimum absolute atomic E-state index is 0.00958. The van der Waals surface area contributed by atoms with Gasteiger partial charge in [-0.05, 0) is 6.92 Å². The first kappa shape index (κ1) is 6.99. The molecule has 1 rings (SSSR count). The van der Waals surface area contributed by atoms with Crippen LogP contribution in [0.25, 0.3) is 0 Å². The molecule has 0 fully saturated rings. The molecule has 0 aromatic carbocycles. The van der Waals surface area contributed by atoms with Crippen molar-refractivity contribution in [2.45, 2.75) is 13.5 Å². The molecule has 4 heteroatoms. The number of halogens is 1. The van der Waals surface area contributed by atoms with Crippen molar-refractivity contribution in [2.75, 3.05) is 0 Å². The molecule has 9 heavy (non-hydrogen) atoms. The second-order valence-electron chi connectivity index (χ2n) is 1.60. The van der Waals surface area contributed by atoms with E-state index in [0.717, 1.165) is 9.88 Å². The molecule has 0 saturated heterocycles. The van der Waals surface area contributed by atoms with Gasteiger partial charge in [-0.3, -0.25) is 0 Å². The van der Waals surface area contributed by atoms with Crippen LogP contribution in [0.1, 0.15) is 9.88 Å². The van der Waals surface area contributed by atoms with E-state index in [0.29, 0.717) is 5.15 Å². The topological polar surface area (TPSA) is 33.1 Å². The predicted octanol–water partition coefficient (Wildman–Crippen LogP) is 1.60. The van der Waals surface area contributed by atoms with Crippen molar-refractivity contribution < 1.29 is 5.11 Å². The van der Waals surface area contributed by atoms with E-state index in [1.807, 2.05) is 6.92 Å². The molecule has 2 nitrogen and oxygen atoms in total. The molecule has 0 aliphatic heterocycles. The normalized spacial score (nSPS) is 10.1. The molecule has 50 valence electrons. The van der Waals surface area contributed by atoms with Gasteiger partial charge in [-0.15, -0.1) is 11.3 Å². The molecular weight excluding hydrogens is 158 g/mol. The Morgan fingerprint density at radius 3 is 2.67 bits per heavy atom. The second kappa shape index (κ2) is 2.64. The van der Waals surface area contributed by atoms with E-state index in [9.17, 15) is 0 Å². The van der Waals surface area contributed by atoms with Crippen molar-refractivity contribution in [3.8, 4) is 0 Å². The highest BCUT2D eigenvalue weighted by atomic mass is 35.5. The van der Waals surface area contributed by atoms with Crippen LogP contribution in [0.3, 0.4) is 0 Å². The SMILES string of the molecule is Cc1nc(Cl)c(CO)s1. The van der Waals surface area contributed by atoms with Gasteiger partial charge in [0.2, 0.25) is 0 Å². The van der Waals surface area contributed by atoms with E-state index in [-0.39, 0.29) is 6.61 Å². The number of aryl methyl sites for hydroxylation is 1. The summed E-state index contributed by atoms with van der Waals surface area (Å²) in [4.78, 5) is 4.65. The summed E-state index contributed by atoms with van der Waals surface area (Å²) >= 11 is 7.01.